The van der Waals surface area contributed by atoms with E-state index < -0.39 is 6.09 Å². The number of nitrogens with zero attached hydrogens (tertiary/aromatic N) is 1. The second kappa shape index (κ2) is 5.67. The molecule has 0 aliphatic heterocycles. The van der Waals surface area contributed by atoms with Gasteiger partial charge in [0.05, 0.1) is 11.9 Å². The van der Waals surface area contributed by atoms with Crippen molar-refractivity contribution in [3.8, 4) is 0 Å². The first-order chi connectivity index (χ1) is 7.52. The van der Waals surface area contributed by atoms with Crippen LogP contribution in [0, 0.1) is 5.92 Å². The van der Waals surface area contributed by atoms with Crippen molar-refractivity contribution in [2.45, 2.75) is 13.3 Å². The molecule has 0 saturated heterocycles. The minimum absolute atomic E-state index is 0.0342. The first-order valence-corrected chi connectivity index (χ1v) is 5.16. The van der Waals surface area contributed by atoms with Crippen molar-refractivity contribution >= 4 is 23.4 Å². The first kappa shape index (κ1) is 12.7. The largest absolute Gasteiger partial charge is 0.465 e. The monoisotopic (exact) mass is 244 g/mol. The van der Waals surface area contributed by atoms with Crippen LogP contribution >= 0.6 is 11.6 Å². The van der Waals surface area contributed by atoms with Gasteiger partial charge in [0, 0.05) is 6.61 Å². The standard InChI is InChI=1S/C10H13ClN2O3/c1-6(5-14)2-7-3-9(11)12-4-8(7)13-10(15)16/h3-4,6,13-14H,2,5H2,1H3,(H,15,16). The molecule has 0 radical (unpaired) electrons. The molecule has 6 heteroatoms. The average Bonchev–Trinajstić information content (AvgIpc) is 2.21. The Morgan fingerprint density at radius 1 is 1.69 bits per heavy atom. The lowest BCUT2D eigenvalue weighted by Gasteiger charge is -2.12. The molecule has 1 heterocycles. The van der Waals surface area contributed by atoms with E-state index in [0.29, 0.717) is 17.3 Å². The molecular formula is C10H13ClN2O3. The summed E-state index contributed by atoms with van der Waals surface area (Å²) < 4.78 is 0. The molecule has 0 saturated carbocycles. The number of carboxylic acid groups (broad SMARTS) is 1. The fourth-order valence-electron chi connectivity index (χ4n) is 1.30. The fraction of sp³-hybridized carbons (Fsp3) is 0.400. The van der Waals surface area contributed by atoms with Gasteiger partial charge < -0.3 is 10.2 Å². The van der Waals surface area contributed by atoms with Gasteiger partial charge in [-0.3, -0.25) is 5.32 Å². The first-order valence-electron chi connectivity index (χ1n) is 4.78. The highest BCUT2D eigenvalue weighted by Crippen LogP contribution is 2.21. The highest BCUT2D eigenvalue weighted by molar-refractivity contribution is 6.29. The molecule has 3 N–H and O–H groups in total. The zero-order chi connectivity index (χ0) is 12.1. The van der Waals surface area contributed by atoms with Gasteiger partial charge in [-0.05, 0) is 24.0 Å². The number of pyridine rings is 1. The van der Waals surface area contributed by atoms with Crippen LogP contribution in [0.25, 0.3) is 0 Å². The van der Waals surface area contributed by atoms with Crippen LogP contribution in [0.4, 0.5) is 10.5 Å². The highest BCUT2D eigenvalue weighted by atomic mass is 35.5. The van der Waals surface area contributed by atoms with Crippen molar-refractivity contribution in [1.29, 1.82) is 0 Å². The number of hydrogen-bond donors (Lipinski definition) is 3. The molecule has 0 bridgehead atoms. The van der Waals surface area contributed by atoms with Crippen molar-refractivity contribution in [1.82, 2.24) is 4.98 Å². The Morgan fingerprint density at radius 2 is 2.38 bits per heavy atom. The number of amides is 1. The van der Waals surface area contributed by atoms with E-state index in [0.717, 1.165) is 5.56 Å². The summed E-state index contributed by atoms with van der Waals surface area (Å²) in [6.45, 7) is 1.89. The third kappa shape index (κ3) is 3.67. The maximum atomic E-state index is 10.5. The lowest BCUT2D eigenvalue weighted by molar-refractivity contribution is 0.209. The molecule has 0 aliphatic rings. The van der Waals surface area contributed by atoms with E-state index in [9.17, 15) is 4.79 Å². The molecule has 0 fully saturated rings. The molecule has 1 unspecified atom stereocenters. The summed E-state index contributed by atoms with van der Waals surface area (Å²) in [5, 5.41) is 20.1. The van der Waals surface area contributed by atoms with Crippen LogP contribution in [0.2, 0.25) is 5.15 Å². The van der Waals surface area contributed by atoms with Gasteiger partial charge in [0.25, 0.3) is 0 Å². The summed E-state index contributed by atoms with van der Waals surface area (Å²) in [5.74, 6) is 0.0350. The van der Waals surface area contributed by atoms with Crippen LogP contribution < -0.4 is 5.32 Å². The minimum Gasteiger partial charge on any atom is -0.465 e. The Bertz CT molecular complexity index is 384. The van der Waals surface area contributed by atoms with Gasteiger partial charge in [-0.1, -0.05) is 18.5 Å². The van der Waals surface area contributed by atoms with E-state index in [2.05, 4.69) is 10.3 Å². The van der Waals surface area contributed by atoms with Gasteiger partial charge in [-0.25, -0.2) is 9.78 Å². The van der Waals surface area contributed by atoms with Crippen LogP contribution in [0.15, 0.2) is 12.3 Å². The summed E-state index contributed by atoms with van der Waals surface area (Å²) >= 11 is 5.73. The van der Waals surface area contributed by atoms with Crippen molar-refractivity contribution in [3.05, 3.63) is 23.0 Å². The van der Waals surface area contributed by atoms with Crippen molar-refractivity contribution < 1.29 is 15.0 Å². The van der Waals surface area contributed by atoms with E-state index in [4.69, 9.17) is 21.8 Å². The van der Waals surface area contributed by atoms with Crippen LogP contribution in [0.3, 0.4) is 0 Å². The molecule has 88 valence electrons. The zero-order valence-electron chi connectivity index (χ0n) is 8.77. The van der Waals surface area contributed by atoms with Gasteiger partial charge >= 0.3 is 6.09 Å². The van der Waals surface area contributed by atoms with Gasteiger partial charge in [0.15, 0.2) is 0 Å². The number of anilines is 1. The topological polar surface area (TPSA) is 82.5 Å². The predicted molar refractivity (Wildman–Crippen MR) is 60.8 cm³/mol. The van der Waals surface area contributed by atoms with E-state index in [1.807, 2.05) is 6.92 Å². The van der Waals surface area contributed by atoms with Gasteiger partial charge in [-0.2, -0.15) is 0 Å². The molecule has 1 aromatic heterocycles. The van der Waals surface area contributed by atoms with Gasteiger partial charge in [0.2, 0.25) is 0 Å². The molecule has 1 rings (SSSR count). The summed E-state index contributed by atoms with van der Waals surface area (Å²) in [6.07, 6.45) is 0.756. The van der Waals surface area contributed by atoms with Crippen molar-refractivity contribution in [2.24, 2.45) is 5.92 Å². The third-order valence-corrected chi connectivity index (χ3v) is 2.28. The van der Waals surface area contributed by atoms with E-state index >= 15 is 0 Å². The SMILES string of the molecule is CC(CO)Cc1cc(Cl)ncc1NC(=O)O. The normalized spacial score (nSPS) is 12.2. The molecule has 16 heavy (non-hydrogen) atoms. The fourth-order valence-corrected chi connectivity index (χ4v) is 1.49. The quantitative estimate of drug-likeness (QED) is 0.708. The summed E-state index contributed by atoms with van der Waals surface area (Å²) in [5.41, 5.74) is 1.13. The Balaban J connectivity index is 2.93. The number of halogens is 1. The Labute approximate surface area is 98.1 Å². The lowest BCUT2D eigenvalue weighted by Crippen LogP contribution is -2.12. The number of aliphatic hydroxyl groups is 1. The van der Waals surface area contributed by atoms with Gasteiger partial charge in [-0.15, -0.1) is 0 Å². The summed E-state index contributed by atoms with van der Waals surface area (Å²) in [7, 11) is 0. The Hall–Kier alpha value is -1.33. The van der Waals surface area contributed by atoms with E-state index in [1.165, 1.54) is 6.20 Å². The molecule has 0 spiro atoms. The molecule has 0 aliphatic carbocycles. The summed E-state index contributed by atoms with van der Waals surface area (Å²) in [6, 6.07) is 1.60. The number of carbonyl (C=O) groups is 1. The van der Waals surface area contributed by atoms with Crippen molar-refractivity contribution in [2.75, 3.05) is 11.9 Å². The molecule has 1 atom stereocenters. The number of aromatic nitrogens is 1. The molecule has 1 amide bonds. The average molecular weight is 245 g/mol. The third-order valence-electron chi connectivity index (χ3n) is 2.08. The van der Waals surface area contributed by atoms with Gasteiger partial charge in [0.1, 0.15) is 5.15 Å². The van der Waals surface area contributed by atoms with Crippen LogP contribution in [0.5, 0.6) is 0 Å². The van der Waals surface area contributed by atoms with E-state index in [1.54, 1.807) is 6.07 Å². The maximum absolute atomic E-state index is 10.5. The number of nitrogens with one attached hydrogen (secondary N) is 1. The van der Waals surface area contributed by atoms with Crippen LogP contribution in [-0.4, -0.2) is 27.9 Å². The zero-order valence-corrected chi connectivity index (χ0v) is 9.53. The predicted octanol–water partition coefficient (Wildman–Crippen LogP) is 2.00. The van der Waals surface area contributed by atoms with Crippen molar-refractivity contribution in [3.63, 3.8) is 0 Å². The molecular weight excluding hydrogens is 232 g/mol. The Kier molecular flexibility index (Phi) is 4.52. The van der Waals surface area contributed by atoms with E-state index in [-0.39, 0.29) is 12.5 Å². The van der Waals surface area contributed by atoms with Crippen LogP contribution in [-0.2, 0) is 6.42 Å². The molecule has 5 nitrogen and oxygen atoms in total. The smallest absolute Gasteiger partial charge is 0.409 e. The highest BCUT2D eigenvalue weighted by Gasteiger charge is 2.10. The number of aliphatic hydroxyl groups excluding tert-OH is 1. The second-order valence-corrected chi connectivity index (χ2v) is 3.97. The lowest BCUT2D eigenvalue weighted by atomic mass is 10.0. The Morgan fingerprint density at radius 3 is 2.94 bits per heavy atom. The number of hydrogen-bond acceptors (Lipinski definition) is 3. The number of rotatable bonds is 4. The van der Waals surface area contributed by atoms with Crippen LogP contribution in [0.1, 0.15) is 12.5 Å². The molecule has 1 aromatic rings. The minimum atomic E-state index is -1.15. The maximum Gasteiger partial charge on any atom is 0.409 e. The summed E-state index contributed by atoms with van der Waals surface area (Å²) in [4.78, 5) is 14.3. The second-order valence-electron chi connectivity index (χ2n) is 3.59. The molecule has 0 aromatic carbocycles.